The fraction of sp³-hybridized carbons (Fsp3) is 0.391. The van der Waals surface area contributed by atoms with Crippen LogP contribution in [0.15, 0.2) is 42.5 Å². The molecule has 0 heterocycles. The molecule has 2 amide bonds. The smallest absolute Gasteiger partial charge is 0.261 e. The fourth-order valence-electron chi connectivity index (χ4n) is 3.04. The maximum absolute atomic E-state index is 13.1. The van der Waals surface area contributed by atoms with Crippen molar-refractivity contribution in [2.45, 2.75) is 45.7 Å². The van der Waals surface area contributed by atoms with E-state index in [1.807, 2.05) is 13.8 Å². The number of unbranched alkanes of at least 4 members (excludes halogenated alkanes) is 1. The second-order valence-electron chi connectivity index (χ2n) is 7.03. The van der Waals surface area contributed by atoms with Crippen LogP contribution in [0.4, 0.5) is 4.39 Å². The van der Waals surface area contributed by atoms with E-state index in [2.05, 4.69) is 5.32 Å². The lowest BCUT2D eigenvalue weighted by Gasteiger charge is -2.31. The zero-order chi connectivity index (χ0) is 22.8. The quantitative estimate of drug-likeness (QED) is 0.459. The molecule has 0 aliphatic carbocycles. The van der Waals surface area contributed by atoms with Gasteiger partial charge in [0.1, 0.15) is 17.6 Å². The average Bonchev–Trinajstić information content (AvgIpc) is 2.75. The van der Waals surface area contributed by atoms with Crippen molar-refractivity contribution in [1.82, 2.24) is 10.2 Å². The van der Waals surface area contributed by atoms with E-state index < -0.39 is 17.8 Å². The number of carbonyl (C=O) groups is 2. The van der Waals surface area contributed by atoms with Crippen molar-refractivity contribution < 1.29 is 18.7 Å². The second-order valence-corrected chi connectivity index (χ2v) is 7.85. The van der Waals surface area contributed by atoms with Gasteiger partial charge in [-0.25, -0.2) is 4.39 Å². The molecule has 0 aromatic heterocycles. The van der Waals surface area contributed by atoms with Crippen LogP contribution in [0.3, 0.4) is 0 Å². The second kappa shape index (κ2) is 12.5. The molecule has 8 heteroatoms. The number of hydrogen-bond acceptors (Lipinski definition) is 3. The number of benzene rings is 2. The van der Waals surface area contributed by atoms with Crippen LogP contribution in [-0.4, -0.2) is 35.9 Å². The summed E-state index contributed by atoms with van der Waals surface area (Å²) in [5, 5.41) is 3.70. The molecule has 2 aromatic rings. The zero-order valence-corrected chi connectivity index (χ0v) is 19.2. The van der Waals surface area contributed by atoms with E-state index in [-0.39, 0.29) is 19.1 Å². The molecule has 1 N–H and O–H groups in total. The highest BCUT2D eigenvalue weighted by molar-refractivity contribution is 6.36. The summed E-state index contributed by atoms with van der Waals surface area (Å²) < 4.78 is 18.6. The van der Waals surface area contributed by atoms with Crippen LogP contribution in [-0.2, 0) is 16.1 Å². The SMILES string of the molecule is CCCCNC(=O)C(CC)N(Cc1c(Cl)cccc1Cl)C(=O)COc1ccc(F)cc1. The third-order valence-electron chi connectivity index (χ3n) is 4.78. The maximum Gasteiger partial charge on any atom is 0.261 e. The topological polar surface area (TPSA) is 58.6 Å². The summed E-state index contributed by atoms with van der Waals surface area (Å²) >= 11 is 12.6. The Bertz CT molecular complexity index is 857. The standard InChI is InChI=1S/C23H27Cl2FN2O3/c1-3-5-13-27-23(30)21(4-2)28(14-18-19(24)7-6-8-20(18)25)22(29)15-31-17-11-9-16(26)10-12-17/h6-12,21H,3-5,13-15H2,1-2H3,(H,27,30). The number of hydrogen-bond donors (Lipinski definition) is 1. The number of halogens is 3. The van der Waals surface area contributed by atoms with Crippen molar-refractivity contribution in [3.8, 4) is 5.75 Å². The van der Waals surface area contributed by atoms with Crippen LogP contribution in [0, 0.1) is 5.82 Å². The normalized spacial score (nSPS) is 11.6. The molecule has 31 heavy (non-hydrogen) atoms. The highest BCUT2D eigenvalue weighted by atomic mass is 35.5. The van der Waals surface area contributed by atoms with Crippen molar-refractivity contribution in [2.24, 2.45) is 0 Å². The number of rotatable bonds is 11. The molecule has 1 unspecified atom stereocenters. The van der Waals surface area contributed by atoms with E-state index in [0.717, 1.165) is 12.8 Å². The van der Waals surface area contributed by atoms with Crippen LogP contribution in [0.1, 0.15) is 38.7 Å². The van der Waals surface area contributed by atoms with Crippen molar-refractivity contribution in [2.75, 3.05) is 13.2 Å². The first-order valence-corrected chi connectivity index (χ1v) is 11.0. The van der Waals surface area contributed by atoms with Gasteiger partial charge in [0, 0.05) is 28.7 Å². The lowest BCUT2D eigenvalue weighted by Crippen LogP contribution is -2.50. The summed E-state index contributed by atoms with van der Waals surface area (Å²) in [6, 6.07) is 9.74. The number of amides is 2. The Morgan fingerprint density at radius 1 is 1.10 bits per heavy atom. The Balaban J connectivity index is 2.23. The van der Waals surface area contributed by atoms with Crippen molar-refractivity contribution in [3.05, 3.63) is 63.9 Å². The Kier molecular flexibility index (Phi) is 10.1. The van der Waals surface area contributed by atoms with Gasteiger partial charge in [-0.15, -0.1) is 0 Å². The molecule has 0 saturated heterocycles. The number of nitrogens with one attached hydrogen (secondary N) is 1. The molecule has 168 valence electrons. The van der Waals surface area contributed by atoms with Gasteiger partial charge in [0.25, 0.3) is 5.91 Å². The Labute approximate surface area is 192 Å². The molecular weight excluding hydrogens is 442 g/mol. The summed E-state index contributed by atoms with van der Waals surface area (Å²) in [5.74, 6) is -0.693. The molecule has 0 radical (unpaired) electrons. The first kappa shape index (κ1) is 25.0. The summed E-state index contributed by atoms with van der Waals surface area (Å²) in [5.41, 5.74) is 0.556. The van der Waals surface area contributed by atoms with Crippen LogP contribution in [0.25, 0.3) is 0 Å². The van der Waals surface area contributed by atoms with E-state index in [1.54, 1.807) is 18.2 Å². The molecular formula is C23H27Cl2FN2O3. The van der Waals surface area contributed by atoms with Gasteiger partial charge in [0.15, 0.2) is 6.61 Å². The predicted molar refractivity (Wildman–Crippen MR) is 121 cm³/mol. The monoisotopic (exact) mass is 468 g/mol. The molecule has 0 bridgehead atoms. The van der Waals surface area contributed by atoms with Gasteiger partial charge in [0.2, 0.25) is 5.91 Å². The van der Waals surface area contributed by atoms with E-state index in [4.69, 9.17) is 27.9 Å². The molecule has 5 nitrogen and oxygen atoms in total. The van der Waals surface area contributed by atoms with E-state index in [0.29, 0.717) is 34.3 Å². The average molecular weight is 469 g/mol. The Morgan fingerprint density at radius 3 is 2.32 bits per heavy atom. The van der Waals surface area contributed by atoms with Gasteiger partial charge in [-0.2, -0.15) is 0 Å². The summed E-state index contributed by atoms with van der Waals surface area (Å²) in [4.78, 5) is 27.3. The van der Waals surface area contributed by atoms with Gasteiger partial charge >= 0.3 is 0 Å². The van der Waals surface area contributed by atoms with Crippen LogP contribution >= 0.6 is 23.2 Å². The molecule has 0 saturated carbocycles. The fourth-order valence-corrected chi connectivity index (χ4v) is 3.56. The largest absolute Gasteiger partial charge is 0.484 e. The predicted octanol–water partition coefficient (Wildman–Crippen LogP) is 5.24. The minimum atomic E-state index is -0.714. The molecule has 2 aromatic carbocycles. The van der Waals surface area contributed by atoms with Crippen molar-refractivity contribution >= 4 is 35.0 Å². The molecule has 0 fully saturated rings. The first-order valence-electron chi connectivity index (χ1n) is 10.3. The summed E-state index contributed by atoms with van der Waals surface area (Å²) in [6.07, 6.45) is 2.20. The minimum Gasteiger partial charge on any atom is -0.484 e. The Morgan fingerprint density at radius 2 is 1.74 bits per heavy atom. The molecule has 1 atom stereocenters. The third-order valence-corrected chi connectivity index (χ3v) is 5.49. The zero-order valence-electron chi connectivity index (χ0n) is 17.7. The van der Waals surface area contributed by atoms with Crippen molar-refractivity contribution in [1.29, 1.82) is 0 Å². The lowest BCUT2D eigenvalue weighted by molar-refractivity contribution is -0.143. The summed E-state index contributed by atoms with van der Waals surface area (Å²) in [7, 11) is 0. The van der Waals surface area contributed by atoms with Crippen LogP contribution in [0.2, 0.25) is 10.0 Å². The molecule has 2 rings (SSSR count). The molecule has 0 spiro atoms. The molecule has 0 aliphatic rings. The number of nitrogens with zero attached hydrogens (tertiary/aromatic N) is 1. The maximum atomic E-state index is 13.1. The first-order chi connectivity index (χ1) is 14.9. The lowest BCUT2D eigenvalue weighted by atomic mass is 10.1. The van der Waals surface area contributed by atoms with Gasteiger partial charge < -0.3 is 15.0 Å². The van der Waals surface area contributed by atoms with Gasteiger partial charge in [-0.05, 0) is 49.2 Å². The van der Waals surface area contributed by atoms with Crippen LogP contribution in [0.5, 0.6) is 5.75 Å². The highest BCUT2D eigenvalue weighted by Crippen LogP contribution is 2.27. The van der Waals surface area contributed by atoms with Crippen LogP contribution < -0.4 is 10.1 Å². The van der Waals surface area contributed by atoms with Gasteiger partial charge in [-0.3, -0.25) is 9.59 Å². The van der Waals surface area contributed by atoms with Gasteiger partial charge in [-0.1, -0.05) is 49.5 Å². The summed E-state index contributed by atoms with van der Waals surface area (Å²) in [6.45, 7) is 4.15. The van der Waals surface area contributed by atoms with E-state index >= 15 is 0 Å². The number of ether oxygens (including phenoxy) is 1. The van der Waals surface area contributed by atoms with E-state index in [1.165, 1.54) is 29.2 Å². The third kappa shape index (κ3) is 7.40. The van der Waals surface area contributed by atoms with E-state index in [9.17, 15) is 14.0 Å². The molecule has 0 aliphatic heterocycles. The van der Waals surface area contributed by atoms with Gasteiger partial charge in [0.05, 0.1) is 0 Å². The number of carbonyl (C=O) groups excluding carboxylic acids is 2. The minimum absolute atomic E-state index is 0.0593. The Hall–Kier alpha value is -2.31. The highest BCUT2D eigenvalue weighted by Gasteiger charge is 2.29. The van der Waals surface area contributed by atoms with Crippen molar-refractivity contribution in [3.63, 3.8) is 0 Å².